The van der Waals surface area contributed by atoms with Crippen molar-refractivity contribution in [3.8, 4) is 0 Å². The second-order valence-electron chi connectivity index (χ2n) is 4.69. The maximum Gasteiger partial charge on any atom is 0.327 e. The fourth-order valence-corrected chi connectivity index (χ4v) is 4.02. The predicted molar refractivity (Wildman–Crippen MR) is 82.1 cm³/mol. The van der Waals surface area contributed by atoms with Gasteiger partial charge >= 0.3 is 5.97 Å². The van der Waals surface area contributed by atoms with E-state index in [2.05, 4.69) is 0 Å². The molecule has 1 amide bonds. The average Bonchev–Trinajstić information content (AvgIpc) is 2.80. The summed E-state index contributed by atoms with van der Waals surface area (Å²) >= 11 is 2.96. The summed E-state index contributed by atoms with van der Waals surface area (Å²) in [6.07, 6.45) is 0. The maximum absolute atomic E-state index is 12.2. The lowest BCUT2D eigenvalue weighted by Crippen LogP contribution is -2.45. The number of carbonyl (C=O) groups is 2. The largest absolute Gasteiger partial charge is 0.480 e. The van der Waals surface area contributed by atoms with Crippen LogP contribution in [0.1, 0.15) is 12.5 Å². The molecule has 6 heteroatoms. The van der Waals surface area contributed by atoms with Gasteiger partial charge in [0.05, 0.1) is 11.1 Å². The van der Waals surface area contributed by atoms with Gasteiger partial charge in [-0.3, -0.25) is 4.79 Å². The van der Waals surface area contributed by atoms with E-state index in [0.717, 1.165) is 4.90 Å². The van der Waals surface area contributed by atoms with Crippen molar-refractivity contribution in [3.63, 3.8) is 0 Å². The van der Waals surface area contributed by atoms with Crippen LogP contribution in [-0.2, 0) is 9.59 Å². The summed E-state index contributed by atoms with van der Waals surface area (Å²) in [5, 5.41) is 9.08. The normalized spacial score (nSPS) is 22.0. The van der Waals surface area contributed by atoms with E-state index < -0.39 is 12.0 Å². The third-order valence-corrected chi connectivity index (χ3v) is 5.39. The molecule has 0 saturated carbocycles. The number of amides is 1. The van der Waals surface area contributed by atoms with Crippen molar-refractivity contribution in [1.29, 1.82) is 0 Å². The first kappa shape index (κ1) is 15.3. The van der Waals surface area contributed by atoms with Crippen LogP contribution in [0.2, 0.25) is 0 Å². The Morgan fingerprint density at radius 3 is 2.65 bits per heavy atom. The lowest BCUT2D eigenvalue weighted by Gasteiger charge is -2.24. The highest BCUT2D eigenvalue weighted by atomic mass is 32.2. The number of thioether (sulfide) groups is 2. The van der Waals surface area contributed by atoms with E-state index in [0.29, 0.717) is 5.75 Å². The molecule has 1 heterocycles. The molecule has 1 aromatic rings. The highest BCUT2D eigenvalue weighted by Crippen LogP contribution is 2.30. The standard InChI is InChI=1S/C14H17NO3S2/c1-9-3-5-11(6-4-9)20-8-13(16)15-10(2)19-7-12(15)14(17)18/h3-6,10,12H,7-8H2,1-2H3,(H,17,18). The number of hydrogen-bond donors (Lipinski definition) is 1. The molecule has 1 aliphatic rings. The third-order valence-electron chi connectivity index (χ3n) is 3.18. The summed E-state index contributed by atoms with van der Waals surface area (Å²) in [5.41, 5.74) is 1.18. The van der Waals surface area contributed by atoms with Gasteiger partial charge in [-0.05, 0) is 26.0 Å². The number of carbonyl (C=O) groups excluding carboxylic acids is 1. The molecule has 1 saturated heterocycles. The Labute approximate surface area is 126 Å². The van der Waals surface area contributed by atoms with Crippen LogP contribution in [0.15, 0.2) is 29.2 Å². The molecule has 2 unspecified atom stereocenters. The van der Waals surface area contributed by atoms with E-state index in [1.807, 2.05) is 38.1 Å². The van der Waals surface area contributed by atoms with Crippen LogP contribution < -0.4 is 0 Å². The molecule has 108 valence electrons. The van der Waals surface area contributed by atoms with Crippen molar-refractivity contribution in [2.24, 2.45) is 0 Å². The summed E-state index contributed by atoms with van der Waals surface area (Å²) in [5.74, 6) is -0.286. The summed E-state index contributed by atoms with van der Waals surface area (Å²) < 4.78 is 0. The Hall–Kier alpha value is -1.14. The SMILES string of the molecule is Cc1ccc(SCC(=O)N2C(C)SCC2C(=O)O)cc1. The molecule has 0 radical (unpaired) electrons. The van der Waals surface area contributed by atoms with E-state index in [1.165, 1.54) is 34.0 Å². The number of nitrogens with zero attached hydrogens (tertiary/aromatic N) is 1. The lowest BCUT2D eigenvalue weighted by atomic mass is 10.2. The van der Waals surface area contributed by atoms with E-state index >= 15 is 0 Å². The molecule has 2 atom stereocenters. The van der Waals surface area contributed by atoms with Crippen LogP contribution >= 0.6 is 23.5 Å². The molecular formula is C14H17NO3S2. The van der Waals surface area contributed by atoms with Gasteiger partial charge in [0.2, 0.25) is 5.91 Å². The second-order valence-corrected chi connectivity index (χ2v) is 7.09. The van der Waals surface area contributed by atoms with E-state index in [9.17, 15) is 9.59 Å². The molecule has 1 aliphatic heterocycles. The molecule has 2 rings (SSSR count). The number of carboxylic acids is 1. The summed E-state index contributed by atoms with van der Waals surface area (Å²) in [6, 6.07) is 7.26. The van der Waals surface area contributed by atoms with Crippen LogP contribution in [0.5, 0.6) is 0 Å². The number of aliphatic carboxylic acids is 1. The first-order valence-electron chi connectivity index (χ1n) is 6.34. The van der Waals surface area contributed by atoms with Gasteiger partial charge in [0, 0.05) is 10.6 Å². The monoisotopic (exact) mass is 311 g/mol. The van der Waals surface area contributed by atoms with Crippen LogP contribution in [0.25, 0.3) is 0 Å². The molecule has 0 aliphatic carbocycles. The lowest BCUT2D eigenvalue weighted by molar-refractivity contribution is -0.147. The molecular weight excluding hydrogens is 294 g/mol. The Morgan fingerprint density at radius 2 is 2.05 bits per heavy atom. The van der Waals surface area contributed by atoms with Gasteiger partial charge in [0.15, 0.2) is 0 Å². The average molecular weight is 311 g/mol. The van der Waals surface area contributed by atoms with Crippen molar-refractivity contribution < 1.29 is 14.7 Å². The van der Waals surface area contributed by atoms with E-state index in [-0.39, 0.29) is 17.0 Å². The van der Waals surface area contributed by atoms with Crippen molar-refractivity contribution in [2.75, 3.05) is 11.5 Å². The molecule has 0 bridgehead atoms. The first-order valence-corrected chi connectivity index (χ1v) is 8.37. The van der Waals surface area contributed by atoms with Gasteiger partial charge < -0.3 is 10.0 Å². The Kier molecular flexibility index (Phi) is 4.99. The second kappa shape index (κ2) is 6.54. The number of aryl methyl sites for hydroxylation is 1. The summed E-state index contributed by atoms with van der Waals surface area (Å²) in [6.45, 7) is 3.89. The summed E-state index contributed by atoms with van der Waals surface area (Å²) in [7, 11) is 0. The molecule has 4 nitrogen and oxygen atoms in total. The van der Waals surface area contributed by atoms with Crippen molar-refractivity contribution in [3.05, 3.63) is 29.8 Å². The van der Waals surface area contributed by atoms with Crippen LogP contribution in [0, 0.1) is 6.92 Å². The fourth-order valence-electron chi connectivity index (χ4n) is 2.07. The highest BCUT2D eigenvalue weighted by molar-refractivity contribution is 8.00. The van der Waals surface area contributed by atoms with Gasteiger partial charge in [-0.25, -0.2) is 4.79 Å². The van der Waals surface area contributed by atoms with Crippen molar-refractivity contribution in [2.45, 2.75) is 30.2 Å². The van der Waals surface area contributed by atoms with Gasteiger partial charge in [-0.2, -0.15) is 0 Å². The molecule has 0 aromatic heterocycles. The maximum atomic E-state index is 12.2. The highest BCUT2D eigenvalue weighted by Gasteiger charge is 2.39. The zero-order chi connectivity index (χ0) is 14.7. The van der Waals surface area contributed by atoms with Crippen molar-refractivity contribution in [1.82, 2.24) is 4.90 Å². The minimum Gasteiger partial charge on any atom is -0.480 e. The quantitative estimate of drug-likeness (QED) is 0.866. The van der Waals surface area contributed by atoms with Crippen molar-refractivity contribution >= 4 is 35.4 Å². The van der Waals surface area contributed by atoms with Crippen LogP contribution in [-0.4, -0.2) is 44.8 Å². The summed E-state index contributed by atoms with van der Waals surface area (Å²) in [4.78, 5) is 25.9. The van der Waals surface area contributed by atoms with E-state index in [4.69, 9.17) is 5.11 Å². The van der Waals surface area contributed by atoms with Crippen LogP contribution in [0.3, 0.4) is 0 Å². The van der Waals surface area contributed by atoms with Crippen LogP contribution in [0.4, 0.5) is 0 Å². The zero-order valence-corrected chi connectivity index (χ0v) is 13.0. The molecule has 20 heavy (non-hydrogen) atoms. The van der Waals surface area contributed by atoms with Gasteiger partial charge in [-0.15, -0.1) is 23.5 Å². The number of carboxylic acid groups (broad SMARTS) is 1. The Morgan fingerprint density at radius 1 is 1.40 bits per heavy atom. The fraction of sp³-hybridized carbons (Fsp3) is 0.429. The molecule has 1 N–H and O–H groups in total. The molecule has 1 fully saturated rings. The van der Waals surface area contributed by atoms with Gasteiger partial charge in [0.25, 0.3) is 0 Å². The number of benzene rings is 1. The smallest absolute Gasteiger partial charge is 0.327 e. The minimum absolute atomic E-state index is 0.0674. The number of hydrogen-bond acceptors (Lipinski definition) is 4. The number of rotatable bonds is 4. The van der Waals surface area contributed by atoms with Gasteiger partial charge in [-0.1, -0.05) is 17.7 Å². The minimum atomic E-state index is -0.921. The van der Waals surface area contributed by atoms with E-state index in [1.54, 1.807) is 0 Å². The zero-order valence-electron chi connectivity index (χ0n) is 11.4. The first-order chi connectivity index (χ1) is 9.49. The molecule has 1 aromatic carbocycles. The Balaban J connectivity index is 1.97. The Bertz CT molecular complexity index is 504. The predicted octanol–water partition coefficient (Wildman–Crippen LogP) is 2.46. The third kappa shape index (κ3) is 3.49. The van der Waals surface area contributed by atoms with Gasteiger partial charge in [0.1, 0.15) is 6.04 Å². The molecule has 0 spiro atoms. The topological polar surface area (TPSA) is 57.6 Å².